The molecule has 2 aliphatic carbocycles. The van der Waals surface area contributed by atoms with Gasteiger partial charge in [-0.3, -0.25) is 4.79 Å². The van der Waals surface area contributed by atoms with Crippen LogP contribution >= 0.6 is 0 Å². The molecular weight excluding hydrogens is 522 g/mol. The smallest absolute Gasteiger partial charge is 0.159 e. The molecule has 6 aromatic carbocycles. The lowest BCUT2D eigenvalue weighted by atomic mass is 9.70. The average molecular weight is 554 g/mol. The van der Waals surface area contributed by atoms with Crippen LogP contribution in [0.15, 0.2) is 133 Å². The van der Waals surface area contributed by atoms with Crippen molar-refractivity contribution >= 4 is 22.8 Å². The van der Waals surface area contributed by atoms with Crippen LogP contribution < -0.4 is 4.90 Å². The molecule has 0 bridgehead atoms. The van der Waals surface area contributed by atoms with Crippen LogP contribution in [0.3, 0.4) is 0 Å². The van der Waals surface area contributed by atoms with Gasteiger partial charge in [0.15, 0.2) is 5.78 Å². The van der Waals surface area contributed by atoms with E-state index in [2.05, 4.69) is 146 Å². The highest BCUT2D eigenvalue weighted by Gasteiger charge is 2.51. The quantitative estimate of drug-likeness (QED) is 0.202. The van der Waals surface area contributed by atoms with Gasteiger partial charge < -0.3 is 4.90 Å². The SMILES string of the molecule is CC(=O)c1ccc2c(c1)C1(c3ccccc3-2)c2ccccc2-c2ccc(N(c3ccc(C)cc3)c3ccc(C)cc3)cc21. The number of fused-ring (bicyclic) bond motifs is 10. The Balaban J connectivity index is 1.45. The van der Waals surface area contributed by atoms with Crippen molar-refractivity contribution in [1.82, 2.24) is 0 Å². The summed E-state index contributed by atoms with van der Waals surface area (Å²) in [6, 6.07) is 48.3. The second-order valence-corrected chi connectivity index (χ2v) is 11.9. The van der Waals surface area contributed by atoms with Crippen LogP contribution in [0.25, 0.3) is 22.3 Å². The molecule has 0 saturated heterocycles. The molecule has 0 saturated carbocycles. The van der Waals surface area contributed by atoms with Gasteiger partial charge in [-0.25, -0.2) is 0 Å². The van der Waals surface area contributed by atoms with Gasteiger partial charge in [-0.15, -0.1) is 0 Å². The average Bonchev–Trinajstić information content (AvgIpc) is 3.50. The van der Waals surface area contributed by atoms with Crippen molar-refractivity contribution in [2.24, 2.45) is 0 Å². The van der Waals surface area contributed by atoms with E-state index in [9.17, 15) is 4.79 Å². The van der Waals surface area contributed by atoms with Crippen molar-refractivity contribution in [3.8, 4) is 22.3 Å². The molecule has 2 nitrogen and oxygen atoms in total. The number of carbonyl (C=O) groups excluding carboxylic acids is 1. The van der Waals surface area contributed by atoms with Crippen LogP contribution in [0.4, 0.5) is 17.1 Å². The number of nitrogens with zero attached hydrogens (tertiary/aromatic N) is 1. The Hall–Kier alpha value is -5.21. The predicted octanol–water partition coefficient (Wildman–Crippen LogP) is 10.3. The van der Waals surface area contributed by atoms with Gasteiger partial charge in [-0.05, 0) is 108 Å². The van der Waals surface area contributed by atoms with Crippen LogP contribution in [0.1, 0.15) is 50.7 Å². The van der Waals surface area contributed by atoms with Crippen LogP contribution in [-0.2, 0) is 5.41 Å². The largest absolute Gasteiger partial charge is 0.310 e. The van der Waals surface area contributed by atoms with E-state index in [0.29, 0.717) is 0 Å². The highest BCUT2D eigenvalue weighted by Crippen LogP contribution is 2.63. The van der Waals surface area contributed by atoms with Gasteiger partial charge in [0.25, 0.3) is 0 Å². The summed E-state index contributed by atoms with van der Waals surface area (Å²) >= 11 is 0. The highest BCUT2D eigenvalue weighted by atomic mass is 16.1. The molecular formula is C41H31NO. The molecule has 43 heavy (non-hydrogen) atoms. The Morgan fingerprint density at radius 1 is 0.488 bits per heavy atom. The molecule has 0 fully saturated rings. The van der Waals surface area contributed by atoms with E-state index >= 15 is 0 Å². The molecule has 0 radical (unpaired) electrons. The Kier molecular flexibility index (Phi) is 5.58. The number of anilines is 3. The number of ketones is 1. The Bertz CT molecular complexity index is 2010. The van der Waals surface area contributed by atoms with Gasteiger partial charge >= 0.3 is 0 Å². The Morgan fingerprint density at radius 2 is 0.930 bits per heavy atom. The maximum atomic E-state index is 12.7. The number of hydrogen-bond donors (Lipinski definition) is 0. The molecule has 8 rings (SSSR count). The van der Waals surface area contributed by atoms with Gasteiger partial charge in [0, 0.05) is 22.6 Å². The molecule has 6 aromatic rings. The van der Waals surface area contributed by atoms with Gasteiger partial charge in [-0.2, -0.15) is 0 Å². The van der Waals surface area contributed by atoms with Gasteiger partial charge in [0.1, 0.15) is 0 Å². The first-order valence-corrected chi connectivity index (χ1v) is 14.9. The molecule has 2 aliphatic rings. The second-order valence-electron chi connectivity index (χ2n) is 11.9. The zero-order valence-electron chi connectivity index (χ0n) is 24.6. The minimum absolute atomic E-state index is 0.0825. The highest BCUT2D eigenvalue weighted by molar-refractivity contribution is 6.00. The molecule has 0 amide bonds. The lowest BCUT2D eigenvalue weighted by molar-refractivity contribution is 0.101. The van der Waals surface area contributed by atoms with E-state index < -0.39 is 5.41 Å². The standard InChI is InChI=1S/C41H31NO/c1-26-12-17-30(18-13-26)42(31-19-14-27(2)15-20-31)32-21-23-36-34-9-5-7-11-38(34)41(40(36)25-32)37-10-6-4-8-33(37)35-22-16-29(28(3)43)24-39(35)41/h4-25H,1-3H3. The minimum atomic E-state index is -0.522. The third kappa shape index (κ3) is 3.63. The van der Waals surface area contributed by atoms with E-state index in [4.69, 9.17) is 0 Å². The van der Waals surface area contributed by atoms with Crippen molar-refractivity contribution in [2.45, 2.75) is 26.2 Å². The van der Waals surface area contributed by atoms with Gasteiger partial charge in [-0.1, -0.05) is 102 Å². The van der Waals surface area contributed by atoms with Gasteiger partial charge in [0.05, 0.1) is 5.41 Å². The molecule has 0 N–H and O–H groups in total. The Labute approximate surface area is 252 Å². The minimum Gasteiger partial charge on any atom is -0.310 e. The monoisotopic (exact) mass is 553 g/mol. The van der Waals surface area contributed by atoms with Crippen molar-refractivity contribution in [3.05, 3.63) is 172 Å². The summed E-state index contributed by atoms with van der Waals surface area (Å²) in [5.41, 5.74) is 15.9. The summed E-state index contributed by atoms with van der Waals surface area (Å²) in [6.07, 6.45) is 0. The third-order valence-corrected chi connectivity index (χ3v) is 9.32. The summed E-state index contributed by atoms with van der Waals surface area (Å²) in [7, 11) is 0. The fraction of sp³-hybridized carbons (Fsp3) is 0.0976. The maximum Gasteiger partial charge on any atom is 0.159 e. The van der Waals surface area contributed by atoms with Crippen LogP contribution in [0, 0.1) is 13.8 Å². The zero-order chi connectivity index (χ0) is 29.3. The molecule has 2 heteroatoms. The Morgan fingerprint density at radius 3 is 1.47 bits per heavy atom. The summed E-state index contributed by atoms with van der Waals surface area (Å²) in [5.74, 6) is 0.0825. The molecule has 1 spiro atoms. The number of rotatable bonds is 4. The molecule has 206 valence electrons. The predicted molar refractivity (Wildman–Crippen MR) is 177 cm³/mol. The van der Waals surface area contributed by atoms with Crippen molar-refractivity contribution in [1.29, 1.82) is 0 Å². The molecule has 1 atom stereocenters. The second kappa shape index (κ2) is 9.40. The first-order valence-electron chi connectivity index (χ1n) is 14.9. The number of benzene rings is 6. The summed E-state index contributed by atoms with van der Waals surface area (Å²) in [4.78, 5) is 15.1. The summed E-state index contributed by atoms with van der Waals surface area (Å²) < 4.78 is 0. The van der Waals surface area contributed by atoms with Gasteiger partial charge in [0.2, 0.25) is 0 Å². The van der Waals surface area contributed by atoms with E-state index in [1.165, 1.54) is 55.6 Å². The summed E-state index contributed by atoms with van der Waals surface area (Å²) in [5, 5.41) is 0. The van der Waals surface area contributed by atoms with E-state index in [1.54, 1.807) is 6.92 Å². The van der Waals surface area contributed by atoms with E-state index in [-0.39, 0.29) is 5.78 Å². The summed E-state index contributed by atoms with van der Waals surface area (Å²) in [6.45, 7) is 5.91. The maximum absolute atomic E-state index is 12.7. The van der Waals surface area contributed by atoms with Crippen molar-refractivity contribution in [3.63, 3.8) is 0 Å². The van der Waals surface area contributed by atoms with Crippen LogP contribution in [-0.4, -0.2) is 5.78 Å². The topological polar surface area (TPSA) is 20.3 Å². The number of Topliss-reactive ketones (excluding diaryl/α,β-unsaturated/α-hetero) is 1. The lowest BCUT2D eigenvalue weighted by Crippen LogP contribution is -2.26. The molecule has 0 heterocycles. The normalized spacial score (nSPS) is 15.5. The lowest BCUT2D eigenvalue weighted by Gasteiger charge is -2.32. The fourth-order valence-electron chi connectivity index (χ4n) is 7.32. The number of carbonyl (C=O) groups is 1. The molecule has 0 aromatic heterocycles. The third-order valence-electron chi connectivity index (χ3n) is 9.32. The molecule has 1 unspecified atom stereocenters. The molecule has 0 aliphatic heterocycles. The van der Waals surface area contributed by atoms with Crippen LogP contribution in [0.5, 0.6) is 0 Å². The van der Waals surface area contributed by atoms with Crippen molar-refractivity contribution < 1.29 is 4.79 Å². The number of aryl methyl sites for hydroxylation is 2. The first kappa shape index (κ1) is 25.5. The first-order chi connectivity index (χ1) is 21.0. The zero-order valence-corrected chi connectivity index (χ0v) is 24.6. The van der Waals surface area contributed by atoms with Crippen molar-refractivity contribution in [2.75, 3.05) is 4.90 Å². The van der Waals surface area contributed by atoms with E-state index in [1.807, 2.05) is 6.07 Å². The van der Waals surface area contributed by atoms with E-state index in [0.717, 1.165) is 22.6 Å². The fourth-order valence-corrected chi connectivity index (χ4v) is 7.32. The number of hydrogen-bond acceptors (Lipinski definition) is 2. The van der Waals surface area contributed by atoms with Crippen LogP contribution in [0.2, 0.25) is 0 Å².